The number of nitrogens with one attached hydrogen (secondary N) is 1. The number of ether oxygens (including phenoxy) is 1. The highest BCUT2D eigenvalue weighted by atomic mass is 16.5. The zero-order valence-corrected chi connectivity index (χ0v) is 13.6. The topological polar surface area (TPSA) is 82.2 Å². The summed E-state index contributed by atoms with van der Waals surface area (Å²) in [6.45, 7) is 0. The summed E-state index contributed by atoms with van der Waals surface area (Å²) in [5.41, 5.74) is 7.72. The van der Waals surface area contributed by atoms with E-state index in [1.807, 2.05) is 25.4 Å². The fraction of sp³-hybridized carbons (Fsp3) is 0.0526. The molecule has 0 saturated carbocycles. The van der Waals surface area contributed by atoms with E-state index in [2.05, 4.69) is 27.0 Å². The van der Waals surface area contributed by atoms with Gasteiger partial charge >= 0.3 is 6.03 Å². The van der Waals surface area contributed by atoms with Gasteiger partial charge in [0.15, 0.2) is 0 Å². The lowest BCUT2D eigenvalue weighted by molar-refractivity contribution is 0.259. The van der Waals surface area contributed by atoms with Gasteiger partial charge in [0.1, 0.15) is 11.5 Å². The van der Waals surface area contributed by atoms with Crippen LogP contribution in [0.15, 0.2) is 60.9 Å². The van der Waals surface area contributed by atoms with Crippen LogP contribution < -0.4 is 15.8 Å². The molecule has 0 atom stereocenters. The number of benzene rings is 2. The van der Waals surface area contributed by atoms with Gasteiger partial charge in [-0.2, -0.15) is 0 Å². The van der Waals surface area contributed by atoms with Gasteiger partial charge in [0, 0.05) is 36.0 Å². The zero-order chi connectivity index (χ0) is 17.4. The van der Waals surface area contributed by atoms with Crippen molar-refractivity contribution in [1.82, 2.24) is 9.55 Å². The number of aryl methyl sites for hydroxylation is 1. The van der Waals surface area contributed by atoms with E-state index in [4.69, 9.17) is 10.5 Å². The zero-order valence-electron chi connectivity index (χ0n) is 13.6. The molecule has 2 heterocycles. The maximum absolute atomic E-state index is 10.9. The first-order valence-electron chi connectivity index (χ1n) is 7.79. The van der Waals surface area contributed by atoms with Gasteiger partial charge in [-0.25, -0.2) is 4.79 Å². The lowest BCUT2D eigenvalue weighted by atomic mass is 10.1. The monoisotopic (exact) mass is 332 g/mol. The van der Waals surface area contributed by atoms with Crippen LogP contribution in [-0.4, -0.2) is 15.6 Å². The predicted octanol–water partition coefficient (Wildman–Crippen LogP) is 4.01. The van der Waals surface area contributed by atoms with Crippen molar-refractivity contribution in [2.45, 2.75) is 0 Å². The largest absolute Gasteiger partial charge is 0.457 e. The summed E-state index contributed by atoms with van der Waals surface area (Å²) in [6.07, 6.45) is 3.75. The number of aromatic nitrogens is 2. The average molecular weight is 332 g/mol. The van der Waals surface area contributed by atoms with E-state index >= 15 is 0 Å². The molecule has 0 aliphatic heterocycles. The lowest BCUT2D eigenvalue weighted by Gasteiger charge is -2.10. The number of carbonyl (C=O) groups excluding carboxylic acids is 1. The number of nitrogens with zero attached hydrogens (tertiary/aromatic N) is 2. The molecule has 4 rings (SSSR count). The molecule has 0 aliphatic carbocycles. The molecule has 0 fully saturated rings. The van der Waals surface area contributed by atoms with Crippen LogP contribution in [0.5, 0.6) is 11.5 Å². The summed E-state index contributed by atoms with van der Waals surface area (Å²) < 4.78 is 8.14. The molecule has 2 aromatic carbocycles. The minimum atomic E-state index is -0.597. The molecule has 0 aliphatic rings. The van der Waals surface area contributed by atoms with Crippen LogP contribution in [-0.2, 0) is 7.05 Å². The summed E-state index contributed by atoms with van der Waals surface area (Å²) in [5.74, 6) is 1.40. The van der Waals surface area contributed by atoms with Crippen LogP contribution in [0.4, 0.5) is 10.5 Å². The number of urea groups is 1. The van der Waals surface area contributed by atoms with E-state index in [0.717, 1.165) is 27.6 Å². The van der Waals surface area contributed by atoms with Crippen molar-refractivity contribution in [3.8, 4) is 11.5 Å². The second-order valence-corrected chi connectivity index (χ2v) is 5.74. The second kappa shape index (κ2) is 5.83. The molecule has 6 heteroatoms. The molecule has 0 spiro atoms. The molecule has 0 radical (unpaired) electrons. The van der Waals surface area contributed by atoms with Crippen molar-refractivity contribution in [2.24, 2.45) is 12.8 Å². The van der Waals surface area contributed by atoms with Crippen molar-refractivity contribution in [3.05, 3.63) is 60.9 Å². The standard InChI is InChI=1S/C19H16N4O2/c1-23-11-9-14-16(23)7-6-15-18(14)17(8-10-21-15)25-13-4-2-12(3-5-13)22-19(20)24/h2-11H,1H3,(H3,20,22,24). The SMILES string of the molecule is Cn1ccc2c3c(Oc4ccc(NC(N)=O)cc4)ccnc3ccc21. The highest BCUT2D eigenvalue weighted by Crippen LogP contribution is 2.34. The number of primary amides is 1. The van der Waals surface area contributed by atoms with E-state index in [1.54, 1.807) is 30.5 Å². The fourth-order valence-electron chi connectivity index (χ4n) is 2.94. The molecular weight excluding hydrogens is 316 g/mol. The third kappa shape index (κ3) is 2.74. The Morgan fingerprint density at radius 3 is 2.68 bits per heavy atom. The summed E-state index contributed by atoms with van der Waals surface area (Å²) in [7, 11) is 2.01. The molecule has 0 saturated heterocycles. The number of pyridine rings is 1. The smallest absolute Gasteiger partial charge is 0.316 e. The number of nitrogens with two attached hydrogens (primary N) is 1. The Kier molecular flexibility index (Phi) is 3.50. The molecule has 3 N–H and O–H groups in total. The van der Waals surface area contributed by atoms with Gasteiger partial charge in [0.05, 0.1) is 10.9 Å². The normalized spacial score (nSPS) is 10.9. The number of rotatable bonds is 3. The van der Waals surface area contributed by atoms with Gasteiger partial charge < -0.3 is 20.4 Å². The third-order valence-corrected chi connectivity index (χ3v) is 4.08. The van der Waals surface area contributed by atoms with Gasteiger partial charge in [0.25, 0.3) is 0 Å². The number of hydrogen-bond acceptors (Lipinski definition) is 3. The maximum Gasteiger partial charge on any atom is 0.316 e. The van der Waals surface area contributed by atoms with Gasteiger partial charge in [0.2, 0.25) is 0 Å². The quantitative estimate of drug-likeness (QED) is 0.594. The maximum atomic E-state index is 10.9. The fourth-order valence-corrected chi connectivity index (χ4v) is 2.94. The Balaban J connectivity index is 1.76. The molecule has 2 amide bonds. The summed E-state index contributed by atoms with van der Waals surface area (Å²) in [5, 5.41) is 4.59. The van der Waals surface area contributed by atoms with Crippen LogP contribution in [0.1, 0.15) is 0 Å². The highest BCUT2D eigenvalue weighted by molar-refractivity contribution is 6.08. The van der Waals surface area contributed by atoms with Crippen LogP contribution in [0.3, 0.4) is 0 Å². The Hall–Kier alpha value is -3.54. The van der Waals surface area contributed by atoms with Gasteiger partial charge in [-0.3, -0.25) is 4.98 Å². The van der Waals surface area contributed by atoms with Crippen molar-refractivity contribution in [1.29, 1.82) is 0 Å². The van der Waals surface area contributed by atoms with E-state index in [-0.39, 0.29) is 0 Å². The molecule has 2 aromatic heterocycles. The van der Waals surface area contributed by atoms with Crippen LogP contribution in [0.2, 0.25) is 0 Å². The first-order valence-corrected chi connectivity index (χ1v) is 7.79. The first kappa shape index (κ1) is 15.0. The number of anilines is 1. The molecule has 4 aromatic rings. The Morgan fingerprint density at radius 1 is 1.12 bits per heavy atom. The van der Waals surface area contributed by atoms with Gasteiger partial charge in [-0.15, -0.1) is 0 Å². The van der Waals surface area contributed by atoms with Gasteiger partial charge in [-0.1, -0.05) is 0 Å². The average Bonchev–Trinajstić information content (AvgIpc) is 2.98. The minimum Gasteiger partial charge on any atom is -0.457 e. The lowest BCUT2D eigenvalue weighted by Crippen LogP contribution is -2.19. The Morgan fingerprint density at radius 2 is 1.92 bits per heavy atom. The van der Waals surface area contributed by atoms with Crippen LogP contribution in [0.25, 0.3) is 21.8 Å². The van der Waals surface area contributed by atoms with E-state index in [0.29, 0.717) is 11.4 Å². The van der Waals surface area contributed by atoms with Crippen molar-refractivity contribution in [3.63, 3.8) is 0 Å². The number of amides is 2. The van der Waals surface area contributed by atoms with Crippen molar-refractivity contribution < 1.29 is 9.53 Å². The first-order chi connectivity index (χ1) is 12.1. The number of hydrogen-bond donors (Lipinski definition) is 2. The molecule has 0 bridgehead atoms. The summed E-state index contributed by atoms with van der Waals surface area (Å²) in [6, 6.07) is 14.4. The van der Waals surface area contributed by atoms with Gasteiger partial charge in [-0.05, 0) is 48.5 Å². The minimum absolute atomic E-state index is 0.597. The Labute approximate surface area is 143 Å². The molecule has 6 nitrogen and oxygen atoms in total. The number of fused-ring (bicyclic) bond motifs is 3. The van der Waals surface area contributed by atoms with Crippen LogP contribution >= 0.6 is 0 Å². The predicted molar refractivity (Wildman–Crippen MR) is 97.9 cm³/mol. The summed E-state index contributed by atoms with van der Waals surface area (Å²) in [4.78, 5) is 15.3. The Bertz CT molecular complexity index is 1080. The third-order valence-electron chi connectivity index (χ3n) is 4.08. The number of carbonyl (C=O) groups is 1. The van der Waals surface area contributed by atoms with E-state index in [1.165, 1.54) is 0 Å². The molecule has 25 heavy (non-hydrogen) atoms. The van der Waals surface area contributed by atoms with E-state index in [9.17, 15) is 4.79 Å². The summed E-state index contributed by atoms with van der Waals surface area (Å²) >= 11 is 0. The van der Waals surface area contributed by atoms with Crippen molar-refractivity contribution in [2.75, 3.05) is 5.32 Å². The second-order valence-electron chi connectivity index (χ2n) is 5.74. The highest BCUT2D eigenvalue weighted by Gasteiger charge is 2.10. The van der Waals surface area contributed by atoms with E-state index < -0.39 is 6.03 Å². The molecule has 0 unspecified atom stereocenters. The van der Waals surface area contributed by atoms with Crippen LogP contribution in [0, 0.1) is 0 Å². The van der Waals surface area contributed by atoms with Crippen molar-refractivity contribution >= 4 is 33.5 Å². The molecule has 124 valence electrons. The molecular formula is C19H16N4O2.